The summed E-state index contributed by atoms with van der Waals surface area (Å²) in [5.74, 6) is 0.959. The van der Waals surface area contributed by atoms with E-state index in [0.717, 1.165) is 11.1 Å². The molecule has 0 unspecified atom stereocenters. The van der Waals surface area contributed by atoms with Crippen molar-refractivity contribution in [3.63, 3.8) is 0 Å². The topological polar surface area (TPSA) is 37.3 Å². The minimum absolute atomic E-state index is 0.259. The number of carbonyl (C=O) groups excluding carboxylic acids is 1. The molecule has 0 spiro atoms. The van der Waals surface area contributed by atoms with Crippen molar-refractivity contribution in [2.45, 2.75) is 47.5 Å². The van der Waals surface area contributed by atoms with E-state index in [-0.39, 0.29) is 11.5 Å². The van der Waals surface area contributed by atoms with Gasteiger partial charge in [-0.1, -0.05) is 39.8 Å². The lowest BCUT2D eigenvalue weighted by Crippen LogP contribution is -2.06. The molecular formula is C15H24O2. The summed E-state index contributed by atoms with van der Waals surface area (Å²) in [6.45, 7) is 9.92. The largest absolute Gasteiger partial charge is 0.508 e. The van der Waals surface area contributed by atoms with Gasteiger partial charge in [-0.2, -0.15) is 0 Å². The minimum atomic E-state index is 0.259. The van der Waals surface area contributed by atoms with Crippen molar-refractivity contribution in [3.05, 3.63) is 29.3 Å². The Labute approximate surface area is 105 Å². The number of phenols is 1. The van der Waals surface area contributed by atoms with Gasteiger partial charge < -0.3 is 5.11 Å². The number of ketones is 1. The summed E-state index contributed by atoms with van der Waals surface area (Å²) in [4.78, 5) is 11.6. The molecule has 1 rings (SSSR count). The third-order valence-corrected chi connectivity index (χ3v) is 2.30. The Bertz CT molecular complexity index is 354. The number of rotatable bonds is 4. The van der Waals surface area contributed by atoms with Crippen LogP contribution in [0.4, 0.5) is 0 Å². The number of aromatic hydroxyl groups is 1. The van der Waals surface area contributed by atoms with Crippen LogP contribution in [-0.4, -0.2) is 10.9 Å². The first-order chi connectivity index (χ1) is 7.99. The van der Waals surface area contributed by atoms with E-state index in [2.05, 4.69) is 0 Å². The molecule has 1 aromatic carbocycles. The zero-order chi connectivity index (χ0) is 13.4. The molecule has 0 aliphatic rings. The molecule has 0 fully saturated rings. The van der Waals surface area contributed by atoms with Crippen LogP contribution in [0.15, 0.2) is 18.2 Å². The summed E-state index contributed by atoms with van der Waals surface area (Å²) in [7, 11) is 0. The van der Waals surface area contributed by atoms with Gasteiger partial charge in [0.05, 0.1) is 0 Å². The second-order valence-corrected chi connectivity index (χ2v) is 4.43. The highest BCUT2D eigenvalue weighted by Crippen LogP contribution is 2.18. The minimum Gasteiger partial charge on any atom is -0.508 e. The van der Waals surface area contributed by atoms with Gasteiger partial charge in [0.15, 0.2) is 0 Å². The van der Waals surface area contributed by atoms with Gasteiger partial charge >= 0.3 is 0 Å². The van der Waals surface area contributed by atoms with E-state index >= 15 is 0 Å². The predicted octanol–water partition coefficient (Wildman–Crippen LogP) is 3.88. The Hall–Kier alpha value is -1.31. The van der Waals surface area contributed by atoms with E-state index in [0.29, 0.717) is 18.8 Å². The Balaban J connectivity index is 0.00000121. The van der Waals surface area contributed by atoms with Gasteiger partial charge in [0.1, 0.15) is 11.5 Å². The van der Waals surface area contributed by atoms with Crippen LogP contribution in [0.5, 0.6) is 5.75 Å². The highest BCUT2D eigenvalue weighted by molar-refractivity contribution is 5.81. The highest BCUT2D eigenvalue weighted by Gasteiger charge is 2.07. The molecule has 0 saturated heterocycles. The Morgan fingerprint density at radius 2 is 1.88 bits per heavy atom. The second-order valence-electron chi connectivity index (χ2n) is 4.43. The fourth-order valence-corrected chi connectivity index (χ4v) is 1.58. The lowest BCUT2D eigenvalue weighted by atomic mass is 10.00. The van der Waals surface area contributed by atoms with E-state index in [4.69, 9.17) is 0 Å². The van der Waals surface area contributed by atoms with Crippen molar-refractivity contribution in [3.8, 4) is 5.75 Å². The molecule has 0 atom stereocenters. The van der Waals surface area contributed by atoms with Gasteiger partial charge in [0, 0.05) is 12.8 Å². The van der Waals surface area contributed by atoms with Gasteiger partial charge in [-0.3, -0.25) is 4.79 Å². The molecule has 0 aromatic heterocycles. The number of benzene rings is 1. The Morgan fingerprint density at radius 1 is 1.29 bits per heavy atom. The van der Waals surface area contributed by atoms with Crippen LogP contribution in [0.3, 0.4) is 0 Å². The third kappa shape index (κ3) is 6.10. The number of aryl methyl sites for hydroxylation is 1. The lowest BCUT2D eigenvalue weighted by Gasteiger charge is -2.05. The summed E-state index contributed by atoms with van der Waals surface area (Å²) < 4.78 is 0. The molecule has 96 valence electrons. The molecule has 0 bridgehead atoms. The Kier molecular flexibility index (Phi) is 7.27. The van der Waals surface area contributed by atoms with Crippen LogP contribution < -0.4 is 0 Å². The van der Waals surface area contributed by atoms with E-state index in [1.807, 2.05) is 40.7 Å². The van der Waals surface area contributed by atoms with Crippen molar-refractivity contribution in [2.24, 2.45) is 5.92 Å². The SMILES string of the molecule is CC.Cc1cc(CC(=O)CC(C)C)ccc1O. The molecular weight excluding hydrogens is 212 g/mol. The van der Waals surface area contributed by atoms with Crippen molar-refractivity contribution in [2.75, 3.05) is 0 Å². The van der Waals surface area contributed by atoms with Gasteiger partial charge in [0.25, 0.3) is 0 Å². The van der Waals surface area contributed by atoms with E-state index in [9.17, 15) is 9.90 Å². The third-order valence-electron chi connectivity index (χ3n) is 2.30. The molecule has 2 nitrogen and oxygen atoms in total. The molecule has 1 aromatic rings. The van der Waals surface area contributed by atoms with Crippen molar-refractivity contribution in [1.29, 1.82) is 0 Å². The van der Waals surface area contributed by atoms with Crippen LogP contribution >= 0.6 is 0 Å². The quantitative estimate of drug-likeness (QED) is 0.861. The molecule has 0 amide bonds. The first-order valence-corrected chi connectivity index (χ1v) is 6.29. The highest BCUT2D eigenvalue weighted by atomic mass is 16.3. The monoisotopic (exact) mass is 236 g/mol. The number of phenolic OH excluding ortho intramolecular Hbond substituents is 1. The maximum absolute atomic E-state index is 11.6. The summed E-state index contributed by atoms with van der Waals surface area (Å²) in [5, 5.41) is 9.34. The average molecular weight is 236 g/mol. The number of Topliss-reactive ketones (excluding diaryl/α,β-unsaturated/α-hetero) is 1. The van der Waals surface area contributed by atoms with Gasteiger partial charge in [0.2, 0.25) is 0 Å². The molecule has 0 heterocycles. The first kappa shape index (κ1) is 15.7. The van der Waals surface area contributed by atoms with Crippen LogP contribution in [0.1, 0.15) is 45.2 Å². The van der Waals surface area contributed by atoms with Gasteiger partial charge in [-0.15, -0.1) is 0 Å². The summed E-state index contributed by atoms with van der Waals surface area (Å²) in [5.41, 5.74) is 1.81. The Morgan fingerprint density at radius 3 is 2.35 bits per heavy atom. The average Bonchev–Trinajstić information content (AvgIpc) is 2.25. The normalized spacial score (nSPS) is 9.76. The summed E-state index contributed by atoms with van der Waals surface area (Å²) in [6, 6.07) is 5.32. The zero-order valence-corrected chi connectivity index (χ0v) is 11.6. The number of carbonyl (C=O) groups is 1. The van der Waals surface area contributed by atoms with Crippen molar-refractivity contribution < 1.29 is 9.90 Å². The fraction of sp³-hybridized carbons (Fsp3) is 0.533. The van der Waals surface area contributed by atoms with Crippen molar-refractivity contribution >= 4 is 5.78 Å². The molecule has 0 saturated carbocycles. The lowest BCUT2D eigenvalue weighted by molar-refractivity contribution is -0.119. The molecule has 0 radical (unpaired) electrons. The molecule has 17 heavy (non-hydrogen) atoms. The van der Waals surface area contributed by atoms with E-state index in [1.165, 1.54) is 0 Å². The van der Waals surface area contributed by atoms with Gasteiger partial charge in [-0.05, 0) is 30.0 Å². The predicted molar refractivity (Wildman–Crippen MR) is 72.4 cm³/mol. The summed E-state index contributed by atoms with van der Waals surface area (Å²) >= 11 is 0. The maximum atomic E-state index is 11.6. The second kappa shape index (κ2) is 7.88. The van der Waals surface area contributed by atoms with Crippen LogP contribution in [0.2, 0.25) is 0 Å². The standard InChI is InChI=1S/C13H18O2.C2H6/c1-9(2)6-12(14)8-11-4-5-13(15)10(3)7-11;1-2/h4-5,7,9,15H,6,8H2,1-3H3;1-2H3. The molecule has 1 N–H and O–H groups in total. The zero-order valence-electron chi connectivity index (χ0n) is 11.6. The first-order valence-electron chi connectivity index (χ1n) is 6.29. The fourth-order valence-electron chi connectivity index (χ4n) is 1.58. The van der Waals surface area contributed by atoms with Crippen LogP contribution in [0.25, 0.3) is 0 Å². The number of hydrogen-bond acceptors (Lipinski definition) is 2. The molecule has 0 aliphatic heterocycles. The molecule has 0 aliphatic carbocycles. The van der Waals surface area contributed by atoms with Crippen molar-refractivity contribution in [1.82, 2.24) is 0 Å². The summed E-state index contributed by atoms with van der Waals surface area (Å²) in [6.07, 6.45) is 1.10. The van der Waals surface area contributed by atoms with E-state index < -0.39 is 0 Å². The van der Waals surface area contributed by atoms with Crippen LogP contribution in [-0.2, 0) is 11.2 Å². The van der Waals surface area contributed by atoms with Crippen LogP contribution in [0, 0.1) is 12.8 Å². The maximum Gasteiger partial charge on any atom is 0.137 e. The van der Waals surface area contributed by atoms with Gasteiger partial charge in [-0.25, -0.2) is 0 Å². The molecule has 2 heteroatoms. The number of hydrogen-bond donors (Lipinski definition) is 1. The van der Waals surface area contributed by atoms with E-state index in [1.54, 1.807) is 12.1 Å². The smallest absolute Gasteiger partial charge is 0.137 e.